The van der Waals surface area contributed by atoms with Gasteiger partial charge in [-0.05, 0) is 19.1 Å². The van der Waals surface area contributed by atoms with E-state index in [0.717, 1.165) is 11.1 Å². The van der Waals surface area contributed by atoms with Gasteiger partial charge in [0.15, 0.2) is 0 Å². The summed E-state index contributed by atoms with van der Waals surface area (Å²) in [6.07, 6.45) is 0.548. The van der Waals surface area contributed by atoms with E-state index in [1.807, 2.05) is 6.07 Å². The Balaban J connectivity index is 2.39. The summed E-state index contributed by atoms with van der Waals surface area (Å²) in [5, 5.41) is 17.4. The van der Waals surface area contributed by atoms with E-state index in [4.69, 9.17) is 16.0 Å². The molecule has 5 heteroatoms. The van der Waals surface area contributed by atoms with E-state index in [0.29, 0.717) is 24.1 Å². The van der Waals surface area contributed by atoms with Gasteiger partial charge >= 0.3 is 0 Å². The number of phenolic OH excluding ortho intramolecular Hbond substituents is 1. The maximum absolute atomic E-state index is 9.56. The van der Waals surface area contributed by atoms with Gasteiger partial charge in [0.05, 0.1) is 0 Å². The molecule has 0 spiro atoms. The highest BCUT2D eigenvalue weighted by molar-refractivity contribution is 6.17. The van der Waals surface area contributed by atoms with Gasteiger partial charge in [0.2, 0.25) is 11.8 Å². The number of nitrogens with zero attached hydrogens (tertiary/aromatic N) is 2. The monoisotopic (exact) mass is 238 g/mol. The molecule has 0 bridgehead atoms. The maximum Gasteiger partial charge on any atom is 0.248 e. The molecule has 0 saturated heterocycles. The summed E-state index contributed by atoms with van der Waals surface area (Å²) in [5.41, 5.74) is 1.47. The SMILES string of the molecule is Cc1c(O)cccc1-c1nnc(CCCl)o1. The van der Waals surface area contributed by atoms with Crippen LogP contribution in [-0.4, -0.2) is 21.2 Å². The maximum atomic E-state index is 9.56. The first kappa shape index (κ1) is 11.0. The number of hydrogen-bond acceptors (Lipinski definition) is 4. The van der Waals surface area contributed by atoms with Crippen LogP contribution in [0.3, 0.4) is 0 Å². The molecular weight excluding hydrogens is 228 g/mol. The van der Waals surface area contributed by atoms with Gasteiger partial charge in [-0.15, -0.1) is 21.8 Å². The largest absolute Gasteiger partial charge is 0.508 e. The van der Waals surface area contributed by atoms with Crippen molar-refractivity contribution in [2.24, 2.45) is 0 Å². The van der Waals surface area contributed by atoms with Crippen LogP contribution in [0.15, 0.2) is 22.6 Å². The van der Waals surface area contributed by atoms with E-state index in [2.05, 4.69) is 10.2 Å². The van der Waals surface area contributed by atoms with Gasteiger partial charge in [-0.2, -0.15) is 0 Å². The molecule has 1 aromatic carbocycles. The highest BCUT2D eigenvalue weighted by Crippen LogP contribution is 2.28. The lowest BCUT2D eigenvalue weighted by atomic mass is 10.1. The molecular formula is C11H11ClN2O2. The number of phenols is 1. The lowest BCUT2D eigenvalue weighted by Gasteiger charge is -2.02. The molecule has 2 aromatic rings. The summed E-state index contributed by atoms with van der Waals surface area (Å²) in [7, 11) is 0. The van der Waals surface area contributed by atoms with E-state index in [1.165, 1.54) is 0 Å². The fourth-order valence-electron chi connectivity index (χ4n) is 1.40. The van der Waals surface area contributed by atoms with Crippen LogP contribution >= 0.6 is 11.6 Å². The number of aromatic hydroxyl groups is 1. The number of aryl methyl sites for hydroxylation is 1. The van der Waals surface area contributed by atoms with Crippen molar-refractivity contribution < 1.29 is 9.52 Å². The number of halogens is 1. The molecule has 16 heavy (non-hydrogen) atoms. The third-order valence-corrected chi connectivity index (χ3v) is 2.50. The zero-order chi connectivity index (χ0) is 11.5. The van der Waals surface area contributed by atoms with E-state index in [1.54, 1.807) is 19.1 Å². The normalized spacial score (nSPS) is 10.6. The molecule has 0 aliphatic rings. The van der Waals surface area contributed by atoms with Crippen LogP contribution in [0.4, 0.5) is 0 Å². The topological polar surface area (TPSA) is 59.2 Å². The summed E-state index contributed by atoms with van der Waals surface area (Å²) in [5.74, 6) is 1.58. The minimum Gasteiger partial charge on any atom is -0.508 e. The summed E-state index contributed by atoms with van der Waals surface area (Å²) in [4.78, 5) is 0. The number of alkyl halides is 1. The second-order valence-corrected chi connectivity index (χ2v) is 3.77. The van der Waals surface area contributed by atoms with Gasteiger partial charge in [-0.25, -0.2) is 0 Å². The first-order valence-electron chi connectivity index (χ1n) is 4.89. The smallest absolute Gasteiger partial charge is 0.248 e. The minimum atomic E-state index is 0.217. The Labute approximate surface area is 97.9 Å². The average Bonchev–Trinajstić information content (AvgIpc) is 2.71. The molecule has 0 aliphatic carbocycles. The van der Waals surface area contributed by atoms with Crippen LogP contribution < -0.4 is 0 Å². The molecule has 1 N–H and O–H groups in total. The highest BCUT2D eigenvalue weighted by atomic mass is 35.5. The zero-order valence-electron chi connectivity index (χ0n) is 8.77. The molecule has 0 radical (unpaired) electrons. The summed E-state index contributed by atoms with van der Waals surface area (Å²) >= 11 is 5.58. The standard InChI is InChI=1S/C11H11ClN2O2/c1-7-8(3-2-4-9(7)15)11-14-13-10(16-11)5-6-12/h2-4,15H,5-6H2,1H3. The van der Waals surface area contributed by atoms with E-state index >= 15 is 0 Å². The molecule has 4 nitrogen and oxygen atoms in total. The molecule has 0 saturated carbocycles. The molecule has 84 valence electrons. The van der Waals surface area contributed by atoms with Crippen molar-refractivity contribution in [3.05, 3.63) is 29.7 Å². The Bertz CT molecular complexity index is 496. The van der Waals surface area contributed by atoms with Crippen LogP contribution in [0.25, 0.3) is 11.5 Å². The molecule has 1 aromatic heterocycles. The van der Waals surface area contributed by atoms with Gasteiger partial charge in [0.25, 0.3) is 0 Å². The second-order valence-electron chi connectivity index (χ2n) is 3.39. The third kappa shape index (κ3) is 2.02. The van der Waals surface area contributed by atoms with E-state index < -0.39 is 0 Å². The molecule has 1 heterocycles. The zero-order valence-corrected chi connectivity index (χ0v) is 9.53. The Hall–Kier alpha value is -1.55. The molecule has 2 rings (SSSR count). The van der Waals surface area contributed by atoms with Gasteiger partial charge in [-0.1, -0.05) is 6.07 Å². The predicted molar refractivity (Wildman–Crippen MR) is 60.6 cm³/mol. The summed E-state index contributed by atoms with van der Waals surface area (Å²) < 4.78 is 5.43. The van der Waals surface area contributed by atoms with Crippen LogP contribution in [0.5, 0.6) is 5.75 Å². The first-order chi connectivity index (χ1) is 7.72. The van der Waals surface area contributed by atoms with Crippen molar-refractivity contribution in [3.8, 4) is 17.2 Å². The number of rotatable bonds is 3. The Morgan fingerprint density at radius 1 is 1.38 bits per heavy atom. The van der Waals surface area contributed by atoms with Gasteiger partial charge in [0.1, 0.15) is 5.75 Å². The van der Waals surface area contributed by atoms with Gasteiger partial charge in [0, 0.05) is 23.4 Å². The van der Waals surface area contributed by atoms with Crippen molar-refractivity contribution in [1.29, 1.82) is 0 Å². The molecule has 0 atom stereocenters. The first-order valence-corrected chi connectivity index (χ1v) is 5.43. The average molecular weight is 239 g/mol. The fraction of sp³-hybridized carbons (Fsp3) is 0.273. The highest BCUT2D eigenvalue weighted by Gasteiger charge is 2.12. The number of benzene rings is 1. The van der Waals surface area contributed by atoms with Gasteiger partial charge in [-0.3, -0.25) is 0 Å². The van der Waals surface area contributed by atoms with Crippen molar-refractivity contribution in [3.63, 3.8) is 0 Å². The second kappa shape index (κ2) is 4.53. The van der Waals surface area contributed by atoms with Crippen LogP contribution in [0, 0.1) is 6.92 Å². The molecule has 0 fully saturated rings. The number of aromatic nitrogens is 2. The van der Waals surface area contributed by atoms with Crippen LogP contribution in [0.1, 0.15) is 11.5 Å². The predicted octanol–water partition coefficient (Wildman–Crippen LogP) is 2.53. The van der Waals surface area contributed by atoms with E-state index in [9.17, 15) is 5.11 Å². The van der Waals surface area contributed by atoms with Crippen LogP contribution in [-0.2, 0) is 6.42 Å². The quantitative estimate of drug-likeness (QED) is 0.835. The molecule has 0 amide bonds. The Kier molecular flexibility index (Phi) is 3.10. The van der Waals surface area contributed by atoms with Crippen LogP contribution in [0.2, 0.25) is 0 Å². The molecule has 0 aliphatic heterocycles. The Morgan fingerprint density at radius 3 is 2.94 bits per heavy atom. The third-order valence-electron chi connectivity index (χ3n) is 2.31. The molecule has 0 unspecified atom stereocenters. The summed E-state index contributed by atoms with van der Waals surface area (Å²) in [6, 6.07) is 5.19. The summed E-state index contributed by atoms with van der Waals surface area (Å²) in [6.45, 7) is 1.80. The van der Waals surface area contributed by atoms with E-state index in [-0.39, 0.29) is 5.75 Å². The Morgan fingerprint density at radius 2 is 2.19 bits per heavy atom. The minimum absolute atomic E-state index is 0.217. The fourth-order valence-corrected chi connectivity index (χ4v) is 1.56. The van der Waals surface area contributed by atoms with Crippen molar-refractivity contribution in [2.45, 2.75) is 13.3 Å². The lowest BCUT2D eigenvalue weighted by Crippen LogP contribution is -1.84. The lowest BCUT2D eigenvalue weighted by molar-refractivity contribution is 0.470. The van der Waals surface area contributed by atoms with Crippen molar-refractivity contribution in [1.82, 2.24) is 10.2 Å². The van der Waals surface area contributed by atoms with Crippen molar-refractivity contribution in [2.75, 3.05) is 5.88 Å². The van der Waals surface area contributed by atoms with Crippen molar-refractivity contribution >= 4 is 11.6 Å². The van der Waals surface area contributed by atoms with Gasteiger partial charge < -0.3 is 9.52 Å². The number of hydrogen-bond donors (Lipinski definition) is 1.